The number of imide groups is 1. The molecule has 0 bridgehead atoms. The molecule has 1 aliphatic rings. The predicted octanol–water partition coefficient (Wildman–Crippen LogP) is 3.58. The maximum absolute atomic E-state index is 13.2. The van der Waals surface area contributed by atoms with Crippen LogP contribution in [-0.4, -0.2) is 25.2 Å². The first-order chi connectivity index (χ1) is 12.7. The van der Waals surface area contributed by atoms with Crippen molar-refractivity contribution in [2.45, 2.75) is 6.18 Å². The van der Waals surface area contributed by atoms with Crippen LogP contribution in [0.2, 0.25) is 0 Å². The molecule has 6 nitrogen and oxygen atoms in total. The van der Waals surface area contributed by atoms with Crippen molar-refractivity contribution in [3.8, 4) is 11.5 Å². The minimum Gasteiger partial charge on any atom is -0.486 e. The molecule has 0 saturated carbocycles. The van der Waals surface area contributed by atoms with Gasteiger partial charge in [-0.05, 0) is 36.4 Å². The Morgan fingerprint density at radius 2 is 1.67 bits per heavy atom. The van der Waals surface area contributed by atoms with Crippen LogP contribution in [0.3, 0.4) is 0 Å². The second-order valence-electron chi connectivity index (χ2n) is 5.46. The second kappa shape index (κ2) is 7.14. The Morgan fingerprint density at radius 1 is 0.963 bits per heavy atom. The van der Waals surface area contributed by atoms with Crippen molar-refractivity contribution in [2.24, 2.45) is 0 Å². The molecular formula is C17H12F4N2O4. The van der Waals surface area contributed by atoms with Gasteiger partial charge in [0.2, 0.25) is 0 Å². The number of alkyl halides is 3. The average molecular weight is 384 g/mol. The van der Waals surface area contributed by atoms with Gasteiger partial charge in [-0.15, -0.1) is 0 Å². The summed E-state index contributed by atoms with van der Waals surface area (Å²) in [5, 5.41) is 4.02. The molecule has 0 atom stereocenters. The summed E-state index contributed by atoms with van der Waals surface area (Å²) in [7, 11) is 0. The van der Waals surface area contributed by atoms with E-state index in [1.807, 2.05) is 5.32 Å². The molecule has 0 aromatic heterocycles. The highest BCUT2D eigenvalue weighted by molar-refractivity contribution is 6.08. The number of amides is 3. The van der Waals surface area contributed by atoms with E-state index in [-0.39, 0.29) is 11.3 Å². The Balaban J connectivity index is 1.68. The van der Waals surface area contributed by atoms with Crippen molar-refractivity contribution < 1.29 is 36.6 Å². The van der Waals surface area contributed by atoms with Crippen molar-refractivity contribution in [3.63, 3.8) is 0 Å². The number of benzene rings is 2. The van der Waals surface area contributed by atoms with E-state index in [1.54, 1.807) is 0 Å². The Hall–Kier alpha value is -3.30. The Labute approximate surface area is 150 Å². The molecule has 0 saturated heterocycles. The molecule has 142 valence electrons. The van der Waals surface area contributed by atoms with Crippen molar-refractivity contribution >= 4 is 17.6 Å². The van der Waals surface area contributed by atoms with Gasteiger partial charge in [-0.3, -0.25) is 10.1 Å². The maximum Gasteiger partial charge on any atom is 0.419 e. The summed E-state index contributed by atoms with van der Waals surface area (Å²) in [5.74, 6) is -1.49. The molecule has 0 spiro atoms. The molecular weight excluding hydrogens is 372 g/mol. The average Bonchev–Trinajstić information content (AvgIpc) is 2.62. The highest BCUT2D eigenvalue weighted by atomic mass is 19.4. The Kier molecular flexibility index (Phi) is 4.89. The Morgan fingerprint density at radius 3 is 2.37 bits per heavy atom. The fourth-order valence-corrected chi connectivity index (χ4v) is 2.34. The van der Waals surface area contributed by atoms with Crippen LogP contribution in [0.1, 0.15) is 15.9 Å². The lowest BCUT2D eigenvalue weighted by atomic mass is 10.1. The van der Waals surface area contributed by atoms with E-state index in [0.717, 1.165) is 6.07 Å². The number of anilines is 1. The number of fused-ring (bicyclic) bond motifs is 1. The SMILES string of the molecule is O=C(NC(=O)c1ccc2c(c1)OCCO2)Nc1ccc(F)c(C(F)(F)F)c1. The van der Waals surface area contributed by atoms with E-state index in [2.05, 4.69) is 5.32 Å². The molecule has 10 heteroatoms. The first-order valence-electron chi connectivity index (χ1n) is 7.63. The van der Waals surface area contributed by atoms with Gasteiger partial charge < -0.3 is 14.8 Å². The molecule has 2 N–H and O–H groups in total. The van der Waals surface area contributed by atoms with Crippen LogP contribution >= 0.6 is 0 Å². The monoisotopic (exact) mass is 384 g/mol. The molecule has 3 amide bonds. The van der Waals surface area contributed by atoms with E-state index >= 15 is 0 Å². The predicted molar refractivity (Wildman–Crippen MR) is 85.3 cm³/mol. The third-order valence-electron chi connectivity index (χ3n) is 3.56. The third-order valence-corrected chi connectivity index (χ3v) is 3.56. The van der Waals surface area contributed by atoms with E-state index in [4.69, 9.17) is 9.47 Å². The summed E-state index contributed by atoms with van der Waals surface area (Å²) in [6.07, 6.45) is -4.92. The molecule has 2 aromatic rings. The van der Waals surface area contributed by atoms with Gasteiger partial charge in [0.05, 0.1) is 5.56 Å². The molecule has 0 radical (unpaired) electrons. The van der Waals surface area contributed by atoms with Crippen LogP contribution in [0.5, 0.6) is 11.5 Å². The number of nitrogens with one attached hydrogen (secondary N) is 2. The highest BCUT2D eigenvalue weighted by Gasteiger charge is 2.34. The van der Waals surface area contributed by atoms with Crippen molar-refractivity contribution in [1.29, 1.82) is 0 Å². The van der Waals surface area contributed by atoms with Gasteiger partial charge in [-0.25, -0.2) is 9.18 Å². The lowest BCUT2D eigenvalue weighted by molar-refractivity contribution is -0.139. The largest absolute Gasteiger partial charge is 0.486 e. The summed E-state index contributed by atoms with van der Waals surface area (Å²) < 4.78 is 62.0. The molecule has 0 unspecified atom stereocenters. The van der Waals surface area contributed by atoms with Crippen LogP contribution in [-0.2, 0) is 6.18 Å². The summed E-state index contributed by atoms with van der Waals surface area (Å²) in [6, 6.07) is 5.14. The number of hydrogen-bond donors (Lipinski definition) is 2. The summed E-state index contributed by atoms with van der Waals surface area (Å²) >= 11 is 0. The summed E-state index contributed by atoms with van der Waals surface area (Å²) in [5.41, 5.74) is -1.76. The van der Waals surface area contributed by atoms with E-state index < -0.39 is 29.5 Å². The number of halogens is 4. The van der Waals surface area contributed by atoms with E-state index in [9.17, 15) is 27.2 Å². The van der Waals surface area contributed by atoms with Gasteiger partial charge in [0.25, 0.3) is 5.91 Å². The minimum atomic E-state index is -4.92. The smallest absolute Gasteiger partial charge is 0.419 e. The standard InChI is InChI=1S/C17H12F4N2O4/c18-12-3-2-10(8-11(12)17(19,20)21)22-16(25)23-15(24)9-1-4-13-14(7-9)27-6-5-26-13/h1-4,7-8H,5-6H2,(H2,22,23,24,25). The second-order valence-corrected chi connectivity index (χ2v) is 5.46. The fourth-order valence-electron chi connectivity index (χ4n) is 2.34. The van der Waals surface area contributed by atoms with Gasteiger partial charge in [-0.1, -0.05) is 0 Å². The molecule has 3 rings (SSSR count). The number of urea groups is 1. The summed E-state index contributed by atoms with van der Waals surface area (Å²) in [4.78, 5) is 24.0. The molecule has 2 aromatic carbocycles. The minimum absolute atomic E-state index is 0.0875. The number of carbonyl (C=O) groups excluding carboxylic acids is 2. The lowest BCUT2D eigenvalue weighted by Gasteiger charge is -2.18. The number of hydrogen-bond acceptors (Lipinski definition) is 4. The van der Waals surface area contributed by atoms with Crippen molar-refractivity contribution in [1.82, 2.24) is 5.32 Å². The van der Waals surface area contributed by atoms with Crippen LogP contribution in [0.4, 0.5) is 28.0 Å². The first kappa shape index (κ1) is 18.5. The molecule has 0 fully saturated rings. The van der Waals surface area contributed by atoms with Gasteiger partial charge in [0, 0.05) is 11.3 Å². The molecule has 0 aliphatic carbocycles. The molecule has 1 heterocycles. The van der Waals surface area contributed by atoms with Crippen LogP contribution < -0.4 is 20.1 Å². The van der Waals surface area contributed by atoms with Crippen LogP contribution in [0.25, 0.3) is 0 Å². The van der Waals surface area contributed by atoms with Gasteiger partial charge in [0.1, 0.15) is 19.0 Å². The lowest BCUT2D eigenvalue weighted by Crippen LogP contribution is -2.34. The highest BCUT2D eigenvalue weighted by Crippen LogP contribution is 2.33. The normalized spacial score (nSPS) is 13.0. The van der Waals surface area contributed by atoms with Gasteiger partial charge >= 0.3 is 12.2 Å². The molecule has 27 heavy (non-hydrogen) atoms. The zero-order chi connectivity index (χ0) is 19.6. The van der Waals surface area contributed by atoms with E-state index in [0.29, 0.717) is 36.8 Å². The zero-order valence-corrected chi connectivity index (χ0v) is 13.5. The summed E-state index contributed by atoms with van der Waals surface area (Å²) in [6.45, 7) is 0.684. The maximum atomic E-state index is 13.2. The van der Waals surface area contributed by atoms with Crippen molar-refractivity contribution in [2.75, 3.05) is 18.5 Å². The number of ether oxygens (including phenoxy) is 2. The van der Waals surface area contributed by atoms with Crippen molar-refractivity contribution in [3.05, 3.63) is 53.3 Å². The van der Waals surface area contributed by atoms with Gasteiger partial charge in [0.15, 0.2) is 11.5 Å². The van der Waals surface area contributed by atoms with E-state index in [1.165, 1.54) is 18.2 Å². The van der Waals surface area contributed by atoms with Crippen LogP contribution in [0.15, 0.2) is 36.4 Å². The zero-order valence-electron chi connectivity index (χ0n) is 13.5. The number of carbonyl (C=O) groups is 2. The quantitative estimate of drug-likeness (QED) is 0.776. The molecule has 1 aliphatic heterocycles. The topological polar surface area (TPSA) is 76.7 Å². The van der Waals surface area contributed by atoms with Crippen LogP contribution in [0, 0.1) is 5.82 Å². The first-order valence-corrected chi connectivity index (χ1v) is 7.63. The number of rotatable bonds is 2. The fraction of sp³-hybridized carbons (Fsp3) is 0.176. The Bertz CT molecular complexity index is 899. The van der Waals surface area contributed by atoms with Gasteiger partial charge in [-0.2, -0.15) is 13.2 Å². The third kappa shape index (κ3) is 4.27.